The average Bonchev–Trinajstić information content (AvgIpc) is 2.47. The van der Waals surface area contributed by atoms with Crippen LogP contribution in [-0.2, 0) is 4.79 Å². The summed E-state index contributed by atoms with van der Waals surface area (Å²) < 4.78 is 0. The molecular weight excluding hydrogens is 156 g/mol. The molecule has 0 aromatic rings. The lowest BCUT2D eigenvalue weighted by Gasteiger charge is -2.13. The Morgan fingerprint density at radius 1 is 1.67 bits per heavy atom. The summed E-state index contributed by atoms with van der Waals surface area (Å²) in [5, 5.41) is 14.4. The third-order valence-corrected chi connectivity index (χ3v) is 2.38. The van der Waals surface area contributed by atoms with Crippen LogP contribution in [0.1, 0.15) is 6.92 Å². The van der Waals surface area contributed by atoms with Gasteiger partial charge in [-0.05, 0) is 24.9 Å². The van der Waals surface area contributed by atoms with Gasteiger partial charge >= 0.3 is 0 Å². The number of hydrogen-bond acceptors (Lipinski definition) is 3. The minimum Gasteiger partial charge on any atom is -0.387 e. The lowest BCUT2D eigenvalue weighted by molar-refractivity contribution is -0.124. The van der Waals surface area contributed by atoms with E-state index in [-0.39, 0.29) is 5.91 Å². The van der Waals surface area contributed by atoms with Crippen molar-refractivity contribution in [3.63, 3.8) is 0 Å². The second-order valence-electron chi connectivity index (χ2n) is 3.36. The molecule has 4 heteroatoms. The molecule has 4 nitrogen and oxygen atoms in total. The van der Waals surface area contributed by atoms with Crippen LogP contribution in [0, 0.1) is 11.8 Å². The first-order chi connectivity index (χ1) is 5.74. The normalized spacial score (nSPS) is 28.8. The molecule has 0 aromatic carbocycles. The van der Waals surface area contributed by atoms with Gasteiger partial charge in [-0.3, -0.25) is 4.79 Å². The molecule has 1 amide bonds. The van der Waals surface area contributed by atoms with Gasteiger partial charge in [-0.1, -0.05) is 6.92 Å². The molecule has 1 heterocycles. The average molecular weight is 172 g/mol. The molecule has 70 valence electrons. The molecule has 0 radical (unpaired) electrons. The quantitative estimate of drug-likeness (QED) is 0.509. The molecular formula is C8H16N2O2. The SMILES string of the molecule is CC1CNCC1CNC(=O)CO. The van der Waals surface area contributed by atoms with Gasteiger partial charge in [0.25, 0.3) is 0 Å². The predicted octanol–water partition coefficient (Wildman–Crippen LogP) is -1.05. The van der Waals surface area contributed by atoms with Gasteiger partial charge < -0.3 is 15.7 Å². The van der Waals surface area contributed by atoms with Crippen LogP contribution in [0.3, 0.4) is 0 Å². The van der Waals surface area contributed by atoms with Crippen molar-refractivity contribution in [1.82, 2.24) is 10.6 Å². The van der Waals surface area contributed by atoms with Crippen LogP contribution in [0.15, 0.2) is 0 Å². The Morgan fingerprint density at radius 2 is 2.42 bits per heavy atom. The van der Waals surface area contributed by atoms with Crippen LogP contribution < -0.4 is 10.6 Å². The number of carbonyl (C=O) groups excluding carboxylic acids is 1. The molecule has 1 rings (SSSR count). The van der Waals surface area contributed by atoms with E-state index in [1.807, 2.05) is 0 Å². The van der Waals surface area contributed by atoms with Crippen LogP contribution in [0.4, 0.5) is 0 Å². The van der Waals surface area contributed by atoms with Crippen LogP contribution in [0.2, 0.25) is 0 Å². The van der Waals surface area contributed by atoms with E-state index in [4.69, 9.17) is 5.11 Å². The van der Waals surface area contributed by atoms with E-state index in [0.717, 1.165) is 13.1 Å². The third-order valence-electron chi connectivity index (χ3n) is 2.38. The topological polar surface area (TPSA) is 61.4 Å². The fraction of sp³-hybridized carbons (Fsp3) is 0.875. The Balaban J connectivity index is 2.18. The minimum absolute atomic E-state index is 0.283. The number of nitrogens with one attached hydrogen (secondary N) is 2. The van der Waals surface area contributed by atoms with Crippen molar-refractivity contribution in [2.45, 2.75) is 6.92 Å². The van der Waals surface area contributed by atoms with Crippen molar-refractivity contribution < 1.29 is 9.90 Å². The monoisotopic (exact) mass is 172 g/mol. The lowest BCUT2D eigenvalue weighted by atomic mass is 9.98. The molecule has 0 bridgehead atoms. The summed E-state index contributed by atoms with van der Waals surface area (Å²) >= 11 is 0. The second kappa shape index (κ2) is 4.42. The van der Waals surface area contributed by atoms with E-state index in [9.17, 15) is 4.79 Å². The maximum absolute atomic E-state index is 10.7. The molecule has 2 atom stereocenters. The smallest absolute Gasteiger partial charge is 0.245 e. The maximum Gasteiger partial charge on any atom is 0.245 e. The highest BCUT2D eigenvalue weighted by Crippen LogP contribution is 2.13. The third kappa shape index (κ3) is 2.46. The van der Waals surface area contributed by atoms with E-state index < -0.39 is 6.61 Å². The zero-order valence-corrected chi connectivity index (χ0v) is 7.34. The van der Waals surface area contributed by atoms with E-state index in [1.54, 1.807) is 0 Å². The highest BCUT2D eigenvalue weighted by Gasteiger charge is 2.22. The van der Waals surface area contributed by atoms with Crippen LogP contribution >= 0.6 is 0 Å². The van der Waals surface area contributed by atoms with Crippen molar-refractivity contribution in [2.24, 2.45) is 11.8 Å². The van der Waals surface area contributed by atoms with Crippen molar-refractivity contribution in [3.05, 3.63) is 0 Å². The standard InChI is InChI=1S/C8H16N2O2/c1-6-2-9-3-7(6)4-10-8(12)5-11/h6-7,9,11H,2-5H2,1H3,(H,10,12). The zero-order valence-electron chi connectivity index (χ0n) is 7.34. The Morgan fingerprint density at radius 3 is 2.92 bits per heavy atom. The van der Waals surface area contributed by atoms with Gasteiger partial charge in [-0.25, -0.2) is 0 Å². The van der Waals surface area contributed by atoms with Gasteiger partial charge in [-0.2, -0.15) is 0 Å². The first-order valence-corrected chi connectivity index (χ1v) is 4.32. The van der Waals surface area contributed by atoms with Crippen LogP contribution in [-0.4, -0.2) is 37.3 Å². The molecule has 0 aromatic heterocycles. The molecule has 3 N–H and O–H groups in total. The lowest BCUT2D eigenvalue weighted by Crippen LogP contribution is -2.33. The summed E-state index contributed by atoms with van der Waals surface area (Å²) in [6, 6.07) is 0. The van der Waals surface area contributed by atoms with Gasteiger partial charge in [0.2, 0.25) is 5.91 Å². The Kier molecular flexibility index (Phi) is 3.49. The zero-order chi connectivity index (χ0) is 8.97. The fourth-order valence-electron chi connectivity index (χ4n) is 1.44. The molecule has 1 saturated heterocycles. The summed E-state index contributed by atoms with van der Waals surface area (Å²) in [5.74, 6) is 0.846. The molecule has 0 spiro atoms. The molecule has 2 unspecified atom stereocenters. The number of amides is 1. The van der Waals surface area contributed by atoms with E-state index in [2.05, 4.69) is 17.6 Å². The Labute approximate surface area is 72.3 Å². The summed E-state index contributed by atoms with van der Waals surface area (Å²) in [5.41, 5.74) is 0. The first-order valence-electron chi connectivity index (χ1n) is 4.32. The number of aliphatic hydroxyl groups excluding tert-OH is 1. The largest absolute Gasteiger partial charge is 0.387 e. The number of carbonyl (C=O) groups is 1. The van der Waals surface area contributed by atoms with Gasteiger partial charge in [0, 0.05) is 6.54 Å². The molecule has 0 saturated carbocycles. The van der Waals surface area contributed by atoms with Gasteiger partial charge in [0.15, 0.2) is 0 Å². The summed E-state index contributed by atoms with van der Waals surface area (Å²) in [6.07, 6.45) is 0. The summed E-state index contributed by atoms with van der Waals surface area (Å²) in [7, 11) is 0. The van der Waals surface area contributed by atoms with Gasteiger partial charge in [0.1, 0.15) is 6.61 Å². The number of rotatable bonds is 3. The molecule has 0 aliphatic carbocycles. The van der Waals surface area contributed by atoms with Gasteiger partial charge in [0.05, 0.1) is 0 Å². The highest BCUT2D eigenvalue weighted by atomic mass is 16.3. The van der Waals surface area contributed by atoms with E-state index in [0.29, 0.717) is 18.4 Å². The Hall–Kier alpha value is -0.610. The first kappa shape index (κ1) is 9.48. The van der Waals surface area contributed by atoms with Crippen molar-refractivity contribution >= 4 is 5.91 Å². The van der Waals surface area contributed by atoms with E-state index in [1.165, 1.54) is 0 Å². The van der Waals surface area contributed by atoms with Crippen molar-refractivity contribution in [1.29, 1.82) is 0 Å². The van der Waals surface area contributed by atoms with Crippen LogP contribution in [0.25, 0.3) is 0 Å². The van der Waals surface area contributed by atoms with Crippen molar-refractivity contribution in [3.8, 4) is 0 Å². The number of aliphatic hydroxyl groups is 1. The highest BCUT2D eigenvalue weighted by molar-refractivity contribution is 5.76. The fourth-order valence-corrected chi connectivity index (χ4v) is 1.44. The molecule has 1 aliphatic rings. The molecule has 1 fully saturated rings. The Bertz CT molecular complexity index is 161. The maximum atomic E-state index is 10.7. The van der Waals surface area contributed by atoms with Crippen molar-refractivity contribution in [2.75, 3.05) is 26.2 Å². The summed E-state index contributed by atoms with van der Waals surface area (Å²) in [4.78, 5) is 10.7. The van der Waals surface area contributed by atoms with Crippen LogP contribution in [0.5, 0.6) is 0 Å². The minimum atomic E-state index is -0.408. The summed E-state index contributed by atoms with van der Waals surface area (Å²) in [6.45, 7) is 4.42. The molecule has 1 aliphatic heterocycles. The predicted molar refractivity (Wildman–Crippen MR) is 45.6 cm³/mol. The van der Waals surface area contributed by atoms with Gasteiger partial charge in [-0.15, -0.1) is 0 Å². The molecule has 12 heavy (non-hydrogen) atoms. The second-order valence-corrected chi connectivity index (χ2v) is 3.36. The van der Waals surface area contributed by atoms with E-state index >= 15 is 0 Å². The number of hydrogen-bond donors (Lipinski definition) is 3.